The second-order valence-corrected chi connectivity index (χ2v) is 4.28. The minimum Gasteiger partial charge on any atom is -0.481 e. The molecule has 0 aliphatic heterocycles. The fraction of sp³-hybridized carbons (Fsp3) is 0.176. The summed E-state index contributed by atoms with van der Waals surface area (Å²) in [4.78, 5) is 1.89. The standard InChI is InChI=1S/C17H17NO/c1-15-9-11-17(12-10-15)19-14-6-13-18(2)16-7-4-3-5-8-16/h3-5,7-12H,14H2,1-2H3. The number of rotatable bonds is 3. The molecule has 0 amide bonds. The molecule has 0 heterocycles. The average Bonchev–Trinajstić information content (AvgIpc) is 2.46. The highest BCUT2D eigenvalue weighted by Gasteiger charge is 1.94. The van der Waals surface area contributed by atoms with Crippen molar-refractivity contribution in [3.63, 3.8) is 0 Å². The minimum atomic E-state index is 0.389. The third kappa shape index (κ3) is 4.08. The molecule has 0 saturated carbocycles. The Kier molecular flexibility index (Phi) is 4.47. The first-order chi connectivity index (χ1) is 9.25. The molecule has 0 N–H and O–H groups in total. The Bertz CT molecular complexity index is 564. The van der Waals surface area contributed by atoms with Crippen LogP contribution in [-0.4, -0.2) is 13.7 Å². The van der Waals surface area contributed by atoms with Crippen molar-refractivity contribution in [2.45, 2.75) is 6.92 Å². The molecule has 2 aromatic rings. The quantitative estimate of drug-likeness (QED) is 0.612. The van der Waals surface area contributed by atoms with Crippen molar-refractivity contribution in [2.75, 3.05) is 18.6 Å². The van der Waals surface area contributed by atoms with Gasteiger partial charge in [-0.3, -0.25) is 0 Å². The van der Waals surface area contributed by atoms with Gasteiger partial charge in [0, 0.05) is 18.8 Å². The molecular formula is C17H17NO. The van der Waals surface area contributed by atoms with Crippen LogP contribution in [0.1, 0.15) is 5.56 Å². The Labute approximate surface area is 114 Å². The summed E-state index contributed by atoms with van der Waals surface area (Å²) >= 11 is 0. The predicted molar refractivity (Wildman–Crippen MR) is 79.3 cm³/mol. The highest BCUT2D eigenvalue weighted by atomic mass is 16.5. The van der Waals surface area contributed by atoms with E-state index in [1.807, 2.05) is 66.5 Å². The van der Waals surface area contributed by atoms with Crippen molar-refractivity contribution in [1.82, 2.24) is 0 Å². The maximum absolute atomic E-state index is 5.55. The monoisotopic (exact) mass is 251 g/mol. The van der Waals surface area contributed by atoms with E-state index in [9.17, 15) is 0 Å². The molecule has 0 saturated heterocycles. The summed E-state index contributed by atoms with van der Waals surface area (Å²) in [7, 11) is 1.94. The number of ether oxygens (including phenoxy) is 1. The molecule has 0 aliphatic carbocycles. The van der Waals surface area contributed by atoms with Gasteiger partial charge in [-0.25, -0.2) is 0 Å². The predicted octanol–water partition coefficient (Wildman–Crippen LogP) is 3.47. The number of para-hydroxylation sites is 1. The smallest absolute Gasteiger partial charge is 0.150 e. The fourth-order valence-corrected chi connectivity index (χ4v) is 1.62. The van der Waals surface area contributed by atoms with Crippen LogP contribution in [-0.2, 0) is 0 Å². The molecule has 0 spiro atoms. The number of anilines is 1. The summed E-state index contributed by atoms with van der Waals surface area (Å²) in [5.41, 5.74) is 2.30. The first-order valence-electron chi connectivity index (χ1n) is 6.22. The molecule has 0 radical (unpaired) electrons. The topological polar surface area (TPSA) is 12.5 Å². The summed E-state index contributed by atoms with van der Waals surface area (Å²) < 4.78 is 5.55. The Morgan fingerprint density at radius 2 is 1.68 bits per heavy atom. The lowest BCUT2D eigenvalue weighted by Gasteiger charge is -2.10. The van der Waals surface area contributed by atoms with E-state index in [4.69, 9.17) is 4.74 Å². The van der Waals surface area contributed by atoms with Gasteiger partial charge in [-0.2, -0.15) is 0 Å². The lowest BCUT2D eigenvalue weighted by molar-refractivity contribution is 0.370. The van der Waals surface area contributed by atoms with E-state index in [0.717, 1.165) is 11.4 Å². The number of hydrogen-bond acceptors (Lipinski definition) is 2. The van der Waals surface area contributed by atoms with E-state index < -0.39 is 0 Å². The van der Waals surface area contributed by atoms with E-state index in [-0.39, 0.29) is 0 Å². The van der Waals surface area contributed by atoms with Gasteiger partial charge < -0.3 is 9.64 Å². The van der Waals surface area contributed by atoms with Gasteiger partial charge in [0.05, 0.1) is 0 Å². The van der Waals surface area contributed by atoms with Crippen LogP contribution in [0.2, 0.25) is 0 Å². The van der Waals surface area contributed by atoms with Crippen LogP contribution >= 0.6 is 0 Å². The van der Waals surface area contributed by atoms with E-state index in [1.54, 1.807) is 0 Å². The van der Waals surface area contributed by atoms with Gasteiger partial charge in [-0.1, -0.05) is 35.9 Å². The molecule has 0 atom stereocenters. The van der Waals surface area contributed by atoms with Crippen LogP contribution in [0.4, 0.5) is 5.69 Å². The highest BCUT2D eigenvalue weighted by Crippen LogP contribution is 2.11. The van der Waals surface area contributed by atoms with Crippen LogP contribution < -0.4 is 9.64 Å². The highest BCUT2D eigenvalue weighted by molar-refractivity contribution is 5.50. The zero-order valence-corrected chi connectivity index (χ0v) is 11.3. The van der Waals surface area contributed by atoms with E-state index in [2.05, 4.69) is 18.9 Å². The van der Waals surface area contributed by atoms with Crippen molar-refractivity contribution in [3.8, 4) is 17.7 Å². The summed E-state index contributed by atoms with van der Waals surface area (Å²) in [5, 5.41) is 0. The average molecular weight is 251 g/mol. The Balaban J connectivity index is 1.86. The maximum Gasteiger partial charge on any atom is 0.150 e. The van der Waals surface area contributed by atoms with Crippen molar-refractivity contribution in [2.24, 2.45) is 0 Å². The SMILES string of the molecule is Cc1ccc(OCC#CN(C)c2ccccc2)cc1. The van der Waals surface area contributed by atoms with Crippen LogP contribution in [0.3, 0.4) is 0 Å². The molecule has 0 aliphatic rings. The number of benzene rings is 2. The minimum absolute atomic E-state index is 0.389. The van der Waals surface area contributed by atoms with Crippen LogP contribution in [0.25, 0.3) is 0 Å². The number of nitrogens with zero attached hydrogens (tertiary/aromatic N) is 1. The first-order valence-corrected chi connectivity index (χ1v) is 6.22. The second kappa shape index (κ2) is 6.51. The molecule has 2 nitrogen and oxygen atoms in total. The van der Waals surface area contributed by atoms with Gasteiger partial charge in [0.1, 0.15) is 5.75 Å². The zero-order chi connectivity index (χ0) is 13.5. The lowest BCUT2D eigenvalue weighted by atomic mass is 10.2. The van der Waals surface area contributed by atoms with Gasteiger partial charge in [0.25, 0.3) is 0 Å². The first kappa shape index (κ1) is 13.0. The molecule has 96 valence electrons. The van der Waals surface area contributed by atoms with Gasteiger partial charge in [-0.05, 0) is 37.1 Å². The molecule has 19 heavy (non-hydrogen) atoms. The summed E-state index contributed by atoms with van der Waals surface area (Å²) in [5.74, 6) is 3.85. The van der Waals surface area contributed by atoms with Gasteiger partial charge in [0.2, 0.25) is 0 Å². The molecule has 2 aromatic carbocycles. The van der Waals surface area contributed by atoms with E-state index in [1.165, 1.54) is 5.56 Å². The van der Waals surface area contributed by atoms with Gasteiger partial charge in [-0.15, -0.1) is 0 Å². The van der Waals surface area contributed by atoms with Gasteiger partial charge >= 0.3 is 0 Å². The van der Waals surface area contributed by atoms with Crippen molar-refractivity contribution in [3.05, 3.63) is 60.2 Å². The van der Waals surface area contributed by atoms with Crippen LogP contribution in [0.15, 0.2) is 54.6 Å². The molecular weight excluding hydrogens is 234 g/mol. The second-order valence-electron chi connectivity index (χ2n) is 4.28. The van der Waals surface area contributed by atoms with E-state index >= 15 is 0 Å². The normalized spacial score (nSPS) is 9.37. The van der Waals surface area contributed by atoms with Gasteiger partial charge in [0.15, 0.2) is 6.61 Å². The molecule has 0 unspecified atom stereocenters. The Hall–Kier alpha value is -2.40. The fourth-order valence-electron chi connectivity index (χ4n) is 1.62. The Morgan fingerprint density at radius 1 is 1.00 bits per heavy atom. The van der Waals surface area contributed by atoms with Crippen molar-refractivity contribution >= 4 is 5.69 Å². The third-order valence-electron chi connectivity index (χ3n) is 2.72. The summed E-state index contributed by atoms with van der Waals surface area (Å²) in [6, 6.07) is 21.0. The Morgan fingerprint density at radius 3 is 2.37 bits per heavy atom. The number of aryl methyl sites for hydroxylation is 1. The molecule has 2 heteroatoms. The van der Waals surface area contributed by atoms with E-state index in [0.29, 0.717) is 6.61 Å². The zero-order valence-electron chi connectivity index (χ0n) is 11.3. The summed E-state index contributed by atoms with van der Waals surface area (Å²) in [6.07, 6.45) is 0. The maximum atomic E-state index is 5.55. The molecule has 0 aromatic heterocycles. The van der Waals surface area contributed by atoms with Crippen molar-refractivity contribution in [1.29, 1.82) is 0 Å². The van der Waals surface area contributed by atoms with Crippen molar-refractivity contribution < 1.29 is 4.74 Å². The third-order valence-corrected chi connectivity index (χ3v) is 2.72. The molecule has 0 bridgehead atoms. The van der Waals surface area contributed by atoms with Crippen LogP contribution in [0, 0.1) is 18.9 Å². The lowest BCUT2D eigenvalue weighted by Crippen LogP contribution is -2.09. The molecule has 2 rings (SSSR count). The molecule has 0 fully saturated rings. The summed E-state index contributed by atoms with van der Waals surface area (Å²) in [6.45, 7) is 2.44. The number of hydrogen-bond donors (Lipinski definition) is 0. The van der Waals surface area contributed by atoms with Crippen LogP contribution in [0.5, 0.6) is 5.75 Å². The largest absolute Gasteiger partial charge is 0.481 e.